The number of hydrogen-bond acceptors (Lipinski definition) is 4. The van der Waals surface area contributed by atoms with Crippen molar-refractivity contribution in [3.8, 4) is 0 Å². The Morgan fingerprint density at radius 1 is 1.80 bits per heavy atom. The summed E-state index contributed by atoms with van der Waals surface area (Å²) < 4.78 is 4.34. The monoisotopic (exact) mass is 148 g/mol. The minimum atomic E-state index is -0.765. The van der Waals surface area contributed by atoms with E-state index >= 15 is 0 Å². The summed E-state index contributed by atoms with van der Waals surface area (Å²) in [5, 5.41) is 11.6. The lowest BCUT2D eigenvalue weighted by atomic mass is 10.8. The van der Waals surface area contributed by atoms with Crippen molar-refractivity contribution in [2.45, 2.75) is 6.92 Å². The summed E-state index contributed by atoms with van der Waals surface area (Å²) in [5.74, 6) is 0. The van der Waals surface area contributed by atoms with Crippen LogP contribution in [-0.4, -0.2) is 24.3 Å². The largest absolute Gasteiger partial charge is 0.450 e. The number of rotatable bonds is 3. The smallest absolute Gasteiger partial charge is 0.412 e. The van der Waals surface area contributed by atoms with E-state index in [2.05, 4.69) is 4.74 Å². The normalized spacial score (nSPS) is 8.50. The summed E-state index contributed by atoms with van der Waals surface area (Å²) in [5.41, 5.74) is 0. The van der Waals surface area contributed by atoms with Gasteiger partial charge in [-0.15, -0.1) is 0 Å². The molecule has 10 heavy (non-hydrogen) atoms. The van der Waals surface area contributed by atoms with Crippen molar-refractivity contribution in [2.24, 2.45) is 0 Å². The molecule has 0 rings (SSSR count). The van der Waals surface area contributed by atoms with Crippen molar-refractivity contribution < 1.29 is 14.5 Å². The molecule has 0 saturated carbocycles. The van der Waals surface area contributed by atoms with Crippen LogP contribution in [0.4, 0.5) is 4.79 Å². The third-order valence-electron chi connectivity index (χ3n) is 0.628. The molecule has 1 N–H and O–H groups in total. The van der Waals surface area contributed by atoms with Gasteiger partial charge in [-0.25, -0.2) is 4.79 Å². The first-order valence-corrected chi connectivity index (χ1v) is 2.69. The zero-order valence-electron chi connectivity index (χ0n) is 5.49. The molecule has 0 unspecified atom stereocenters. The van der Waals surface area contributed by atoms with E-state index in [1.807, 2.05) is 5.32 Å². The number of nitro groups is 1. The maximum Gasteiger partial charge on any atom is 0.412 e. The molecule has 0 aromatic rings. The number of carbonyl (C=O) groups excluding carboxylic acids is 1. The van der Waals surface area contributed by atoms with Gasteiger partial charge in [0, 0.05) is 4.92 Å². The van der Waals surface area contributed by atoms with Gasteiger partial charge in [-0.1, -0.05) is 0 Å². The molecular formula is C4H8N2O4. The third-order valence-corrected chi connectivity index (χ3v) is 0.628. The summed E-state index contributed by atoms with van der Waals surface area (Å²) in [6.45, 7) is 1.23. The van der Waals surface area contributed by atoms with E-state index in [0.717, 1.165) is 0 Å². The molecule has 0 radical (unpaired) electrons. The zero-order valence-corrected chi connectivity index (χ0v) is 5.49. The van der Waals surface area contributed by atoms with Crippen molar-refractivity contribution in [2.75, 3.05) is 13.3 Å². The van der Waals surface area contributed by atoms with E-state index in [1.54, 1.807) is 6.92 Å². The van der Waals surface area contributed by atoms with Crippen LogP contribution in [0.2, 0.25) is 0 Å². The average molecular weight is 148 g/mol. The first kappa shape index (κ1) is 8.67. The number of nitrogens with zero attached hydrogens (tertiary/aromatic N) is 1. The molecule has 0 aliphatic heterocycles. The van der Waals surface area contributed by atoms with Crippen LogP contribution in [0.15, 0.2) is 0 Å². The predicted molar refractivity (Wildman–Crippen MR) is 32.0 cm³/mol. The van der Waals surface area contributed by atoms with E-state index in [4.69, 9.17) is 0 Å². The summed E-state index contributed by atoms with van der Waals surface area (Å²) in [4.78, 5) is 19.3. The molecule has 0 aliphatic rings. The van der Waals surface area contributed by atoms with Crippen molar-refractivity contribution in [3.63, 3.8) is 0 Å². The van der Waals surface area contributed by atoms with Crippen LogP contribution in [0.1, 0.15) is 6.92 Å². The SMILES string of the molecule is CCOC(=O)NC[N+](=O)[O-]. The molecule has 0 bridgehead atoms. The molecule has 0 aliphatic carbocycles. The number of carbonyl (C=O) groups is 1. The second kappa shape index (κ2) is 4.54. The van der Waals surface area contributed by atoms with Crippen LogP contribution in [0.5, 0.6) is 0 Å². The average Bonchev–Trinajstić information content (AvgIpc) is 1.85. The Bertz CT molecular complexity index is 135. The maximum absolute atomic E-state index is 10.3. The second-order valence-electron chi connectivity index (χ2n) is 1.39. The Kier molecular flexibility index (Phi) is 3.94. The Balaban J connectivity index is 3.30. The zero-order chi connectivity index (χ0) is 7.98. The quantitative estimate of drug-likeness (QED) is 0.346. The summed E-state index contributed by atoms with van der Waals surface area (Å²) in [6.07, 6.45) is -0.765. The van der Waals surface area contributed by atoms with Crippen LogP contribution in [0.3, 0.4) is 0 Å². The number of amides is 1. The lowest BCUT2D eigenvalue weighted by Gasteiger charge is -1.98. The van der Waals surface area contributed by atoms with Gasteiger partial charge in [0.15, 0.2) is 0 Å². The standard InChI is InChI=1S/C4H8N2O4/c1-2-10-4(7)5-3-6(8)9/h2-3H2,1H3,(H,5,7). The topological polar surface area (TPSA) is 81.5 Å². The van der Waals surface area contributed by atoms with Gasteiger partial charge in [-0.05, 0) is 6.92 Å². The van der Waals surface area contributed by atoms with Crippen LogP contribution < -0.4 is 5.32 Å². The lowest BCUT2D eigenvalue weighted by molar-refractivity contribution is -0.483. The molecule has 0 saturated heterocycles. The number of ether oxygens (including phenoxy) is 1. The van der Waals surface area contributed by atoms with Gasteiger partial charge in [-0.2, -0.15) is 0 Å². The van der Waals surface area contributed by atoms with E-state index in [-0.39, 0.29) is 6.61 Å². The lowest BCUT2D eigenvalue weighted by Crippen LogP contribution is -2.29. The van der Waals surface area contributed by atoms with E-state index < -0.39 is 17.7 Å². The fourth-order valence-corrected chi connectivity index (χ4v) is 0.311. The van der Waals surface area contributed by atoms with Gasteiger partial charge in [-0.3, -0.25) is 15.4 Å². The predicted octanol–water partition coefficient (Wildman–Crippen LogP) is -0.0333. The Hall–Kier alpha value is -1.33. The fourth-order valence-electron chi connectivity index (χ4n) is 0.311. The number of hydrogen-bond donors (Lipinski definition) is 1. The summed E-state index contributed by atoms with van der Waals surface area (Å²) in [6, 6.07) is 0. The molecule has 0 atom stereocenters. The van der Waals surface area contributed by atoms with Crippen molar-refractivity contribution in [1.29, 1.82) is 0 Å². The van der Waals surface area contributed by atoms with Crippen LogP contribution >= 0.6 is 0 Å². The van der Waals surface area contributed by atoms with Gasteiger partial charge in [0.2, 0.25) is 0 Å². The van der Waals surface area contributed by atoms with Gasteiger partial charge in [0.25, 0.3) is 6.67 Å². The molecule has 0 aromatic heterocycles. The Morgan fingerprint density at radius 3 is 2.80 bits per heavy atom. The minimum Gasteiger partial charge on any atom is -0.450 e. The Morgan fingerprint density at radius 2 is 2.40 bits per heavy atom. The first-order valence-electron chi connectivity index (χ1n) is 2.69. The highest BCUT2D eigenvalue weighted by atomic mass is 16.6. The van der Waals surface area contributed by atoms with Gasteiger partial charge >= 0.3 is 6.09 Å². The Labute approximate surface area is 57.3 Å². The van der Waals surface area contributed by atoms with E-state index in [9.17, 15) is 14.9 Å². The maximum atomic E-state index is 10.3. The number of alkyl carbamates (subject to hydrolysis) is 1. The molecule has 1 amide bonds. The van der Waals surface area contributed by atoms with Crippen molar-refractivity contribution in [3.05, 3.63) is 10.1 Å². The molecule has 58 valence electrons. The molecular weight excluding hydrogens is 140 g/mol. The fraction of sp³-hybridized carbons (Fsp3) is 0.750. The molecule has 0 heterocycles. The molecule has 0 fully saturated rings. The van der Waals surface area contributed by atoms with Crippen LogP contribution in [-0.2, 0) is 4.74 Å². The molecule has 6 heteroatoms. The highest BCUT2D eigenvalue weighted by Crippen LogP contribution is 1.74. The van der Waals surface area contributed by atoms with Gasteiger partial charge < -0.3 is 4.74 Å². The molecule has 6 nitrogen and oxygen atoms in total. The van der Waals surface area contributed by atoms with E-state index in [0.29, 0.717) is 0 Å². The summed E-state index contributed by atoms with van der Waals surface area (Å²) in [7, 11) is 0. The summed E-state index contributed by atoms with van der Waals surface area (Å²) >= 11 is 0. The van der Waals surface area contributed by atoms with Crippen LogP contribution in [0.25, 0.3) is 0 Å². The van der Waals surface area contributed by atoms with Gasteiger partial charge in [0.05, 0.1) is 6.61 Å². The van der Waals surface area contributed by atoms with Gasteiger partial charge in [0.1, 0.15) is 0 Å². The van der Waals surface area contributed by atoms with Crippen molar-refractivity contribution in [1.82, 2.24) is 5.32 Å². The van der Waals surface area contributed by atoms with E-state index in [1.165, 1.54) is 0 Å². The third kappa shape index (κ3) is 4.82. The molecule has 0 spiro atoms. The minimum absolute atomic E-state index is 0.212. The highest BCUT2D eigenvalue weighted by molar-refractivity contribution is 5.66. The highest BCUT2D eigenvalue weighted by Gasteiger charge is 2.02. The second-order valence-corrected chi connectivity index (χ2v) is 1.39. The number of nitrogens with one attached hydrogen (secondary N) is 1. The molecule has 0 aromatic carbocycles. The van der Waals surface area contributed by atoms with Crippen LogP contribution in [0, 0.1) is 10.1 Å². The van der Waals surface area contributed by atoms with Crippen molar-refractivity contribution >= 4 is 6.09 Å². The first-order chi connectivity index (χ1) is 4.66.